The summed E-state index contributed by atoms with van der Waals surface area (Å²) in [7, 11) is 3.42. The number of rotatable bonds is 4. The molecule has 4 heteroatoms. The quantitative estimate of drug-likeness (QED) is 0.917. The molecule has 2 nitrogen and oxygen atoms in total. The van der Waals surface area contributed by atoms with Gasteiger partial charge >= 0.3 is 0 Å². The second-order valence-electron chi connectivity index (χ2n) is 4.18. The van der Waals surface area contributed by atoms with Gasteiger partial charge in [0, 0.05) is 17.1 Å². The maximum Gasteiger partial charge on any atom is 0.126 e. The number of hydrogen-bond acceptors (Lipinski definition) is 2. The standard InChI is InChI=1S/C15H15ClFNO/c1-18-9-11-7-10(3-5-14(11)16)13-8-12(17)4-6-15(13)19-2/h3-8,18H,9H2,1-2H3. The predicted octanol–water partition coefficient (Wildman–Crippen LogP) is 3.87. The fraction of sp³-hybridized carbons (Fsp3) is 0.200. The molecule has 0 aliphatic carbocycles. The van der Waals surface area contributed by atoms with Crippen molar-refractivity contribution < 1.29 is 9.13 Å². The van der Waals surface area contributed by atoms with E-state index in [0.717, 1.165) is 16.7 Å². The first-order valence-electron chi connectivity index (χ1n) is 5.92. The van der Waals surface area contributed by atoms with Crippen molar-refractivity contribution in [3.05, 3.63) is 52.8 Å². The minimum absolute atomic E-state index is 0.291. The highest BCUT2D eigenvalue weighted by Gasteiger charge is 2.09. The van der Waals surface area contributed by atoms with Gasteiger partial charge in [-0.3, -0.25) is 0 Å². The zero-order valence-corrected chi connectivity index (χ0v) is 11.6. The van der Waals surface area contributed by atoms with Crippen molar-refractivity contribution in [3.63, 3.8) is 0 Å². The molecule has 19 heavy (non-hydrogen) atoms. The Morgan fingerprint density at radius 3 is 2.68 bits per heavy atom. The number of hydrogen-bond donors (Lipinski definition) is 1. The van der Waals surface area contributed by atoms with E-state index in [0.29, 0.717) is 17.3 Å². The summed E-state index contributed by atoms with van der Waals surface area (Å²) in [6.45, 7) is 0.657. The molecule has 0 aliphatic rings. The van der Waals surface area contributed by atoms with Crippen LogP contribution in [-0.2, 0) is 6.54 Å². The van der Waals surface area contributed by atoms with Gasteiger partial charge in [-0.05, 0) is 48.5 Å². The number of halogens is 2. The lowest BCUT2D eigenvalue weighted by molar-refractivity contribution is 0.415. The fourth-order valence-electron chi connectivity index (χ4n) is 1.97. The lowest BCUT2D eigenvalue weighted by atomic mass is 10.0. The summed E-state index contributed by atoms with van der Waals surface area (Å²) in [6, 6.07) is 10.1. The topological polar surface area (TPSA) is 21.3 Å². The van der Waals surface area contributed by atoms with Crippen molar-refractivity contribution in [1.82, 2.24) is 5.32 Å². The minimum Gasteiger partial charge on any atom is -0.496 e. The van der Waals surface area contributed by atoms with Gasteiger partial charge in [0.1, 0.15) is 11.6 Å². The van der Waals surface area contributed by atoms with Crippen molar-refractivity contribution in [2.24, 2.45) is 0 Å². The first-order chi connectivity index (χ1) is 9.15. The summed E-state index contributed by atoms with van der Waals surface area (Å²) in [4.78, 5) is 0. The van der Waals surface area contributed by atoms with Gasteiger partial charge in [-0.25, -0.2) is 4.39 Å². The summed E-state index contributed by atoms with van der Waals surface area (Å²) in [5.74, 6) is 0.347. The molecule has 0 aromatic heterocycles. The van der Waals surface area contributed by atoms with Crippen LogP contribution in [-0.4, -0.2) is 14.2 Å². The lowest BCUT2D eigenvalue weighted by Crippen LogP contribution is -2.05. The zero-order valence-electron chi connectivity index (χ0n) is 10.8. The number of ether oxygens (including phenoxy) is 1. The Morgan fingerprint density at radius 2 is 2.00 bits per heavy atom. The summed E-state index contributed by atoms with van der Waals surface area (Å²) < 4.78 is 18.7. The first-order valence-corrected chi connectivity index (χ1v) is 6.30. The molecule has 1 N–H and O–H groups in total. The molecule has 2 aromatic carbocycles. The number of methoxy groups -OCH3 is 1. The Hall–Kier alpha value is -1.58. The molecule has 0 radical (unpaired) electrons. The van der Waals surface area contributed by atoms with E-state index in [9.17, 15) is 4.39 Å². The third-order valence-electron chi connectivity index (χ3n) is 2.89. The molecule has 0 unspecified atom stereocenters. The van der Waals surface area contributed by atoms with Gasteiger partial charge in [-0.15, -0.1) is 0 Å². The average Bonchev–Trinajstić information content (AvgIpc) is 2.41. The van der Waals surface area contributed by atoms with Crippen LogP contribution in [0.5, 0.6) is 5.75 Å². The van der Waals surface area contributed by atoms with E-state index in [1.54, 1.807) is 13.2 Å². The first kappa shape index (κ1) is 13.8. The Morgan fingerprint density at radius 1 is 1.21 bits per heavy atom. The van der Waals surface area contributed by atoms with Crippen LogP contribution in [0.4, 0.5) is 4.39 Å². The smallest absolute Gasteiger partial charge is 0.126 e. The maximum atomic E-state index is 13.4. The molecular weight excluding hydrogens is 265 g/mol. The highest BCUT2D eigenvalue weighted by Crippen LogP contribution is 2.32. The van der Waals surface area contributed by atoms with Gasteiger partial charge in [0.05, 0.1) is 7.11 Å². The fourth-order valence-corrected chi connectivity index (χ4v) is 2.16. The molecule has 0 aliphatic heterocycles. The Kier molecular flexibility index (Phi) is 4.40. The van der Waals surface area contributed by atoms with Crippen LogP contribution in [0.3, 0.4) is 0 Å². The van der Waals surface area contributed by atoms with E-state index in [4.69, 9.17) is 16.3 Å². The largest absolute Gasteiger partial charge is 0.496 e. The van der Waals surface area contributed by atoms with Crippen LogP contribution in [0.25, 0.3) is 11.1 Å². The van der Waals surface area contributed by atoms with Crippen LogP contribution in [0.15, 0.2) is 36.4 Å². The van der Waals surface area contributed by atoms with Gasteiger partial charge in [-0.1, -0.05) is 17.7 Å². The molecule has 0 atom stereocenters. The molecule has 100 valence electrons. The van der Waals surface area contributed by atoms with E-state index in [1.807, 2.05) is 25.2 Å². The normalized spacial score (nSPS) is 10.5. The summed E-state index contributed by atoms with van der Waals surface area (Å²) in [6.07, 6.45) is 0. The van der Waals surface area contributed by atoms with Gasteiger partial charge in [0.25, 0.3) is 0 Å². The van der Waals surface area contributed by atoms with Crippen LogP contribution in [0.2, 0.25) is 5.02 Å². The van der Waals surface area contributed by atoms with Gasteiger partial charge in [0.2, 0.25) is 0 Å². The predicted molar refractivity (Wildman–Crippen MR) is 76.2 cm³/mol. The molecule has 2 rings (SSSR count). The Bertz CT molecular complexity index is 586. The van der Waals surface area contributed by atoms with Crippen molar-refractivity contribution in [2.45, 2.75) is 6.54 Å². The van der Waals surface area contributed by atoms with E-state index in [-0.39, 0.29) is 5.82 Å². The van der Waals surface area contributed by atoms with E-state index < -0.39 is 0 Å². The molecule has 0 bridgehead atoms. The lowest BCUT2D eigenvalue weighted by Gasteiger charge is -2.11. The summed E-state index contributed by atoms with van der Waals surface area (Å²) in [5, 5.41) is 3.74. The summed E-state index contributed by atoms with van der Waals surface area (Å²) in [5.41, 5.74) is 2.57. The number of benzene rings is 2. The molecule has 2 aromatic rings. The SMILES string of the molecule is CNCc1cc(-c2cc(F)ccc2OC)ccc1Cl. The highest BCUT2D eigenvalue weighted by molar-refractivity contribution is 6.31. The van der Waals surface area contributed by atoms with Crippen molar-refractivity contribution in [2.75, 3.05) is 14.2 Å². The van der Waals surface area contributed by atoms with E-state index in [2.05, 4.69) is 5.32 Å². The third-order valence-corrected chi connectivity index (χ3v) is 3.25. The van der Waals surface area contributed by atoms with Crippen LogP contribution in [0.1, 0.15) is 5.56 Å². The van der Waals surface area contributed by atoms with Gasteiger partial charge in [-0.2, -0.15) is 0 Å². The van der Waals surface area contributed by atoms with E-state index >= 15 is 0 Å². The molecule has 0 saturated carbocycles. The van der Waals surface area contributed by atoms with Crippen LogP contribution in [0, 0.1) is 5.82 Å². The van der Waals surface area contributed by atoms with Crippen molar-refractivity contribution in [1.29, 1.82) is 0 Å². The molecule has 0 saturated heterocycles. The monoisotopic (exact) mass is 279 g/mol. The molecule has 0 amide bonds. The second-order valence-corrected chi connectivity index (χ2v) is 4.59. The van der Waals surface area contributed by atoms with Crippen molar-refractivity contribution in [3.8, 4) is 16.9 Å². The minimum atomic E-state index is -0.291. The zero-order chi connectivity index (χ0) is 13.8. The summed E-state index contributed by atoms with van der Waals surface area (Å²) >= 11 is 6.12. The van der Waals surface area contributed by atoms with E-state index in [1.165, 1.54) is 12.1 Å². The average molecular weight is 280 g/mol. The molecule has 0 heterocycles. The van der Waals surface area contributed by atoms with Crippen molar-refractivity contribution >= 4 is 11.6 Å². The second kappa shape index (κ2) is 6.04. The van der Waals surface area contributed by atoms with Gasteiger partial charge in [0.15, 0.2) is 0 Å². The van der Waals surface area contributed by atoms with Crippen LogP contribution >= 0.6 is 11.6 Å². The Labute approximate surface area is 117 Å². The third kappa shape index (κ3) is 3.06. The molecule has 0 fully saturated rings. The van der Waals surface area contributed by atoms with Gasteiger partial charge < -0.3 is 10.1 Å². The Balaban J connectivity index is 2.52. The van der Waals surface area contributed by atoms with Crippen LogP contribution < -0.4 is 10.1 Å². The molecular formula is C15H15ClFNO. The molecule has 0 spiro atoms. The number of nitrogens with one attached hydrogen (secondary N) is 1. The maximum absolute atomic E-state index is 13.4. The highest BCUT2D eigenvalue weighted by atomic mass is 35.5.